The first-order valence-corrected chi connectivity index (χ1v) is 14.8. The van der Waals surface area contributed by atoms with Gasteiger partial charge in [0.1, 0.15) is 0 Å². The normalized spacial score (nSPS) is 11.5. The fourth-order valence-corrected chi connectivity index (χ4v) is 6.99. The summed E-state index contributed by atoms with van der Waals surface area (Å²) >= 11 is 1.46. The van der Waals surface area contributed by atoms with Gasteiger partial charge in [-0.05, 0) is 86.5 Å². The van der Waals surface area contributed by atoms with Crippen LogP contribution in [0.2, 0.25) is 0 Å². The molecule has 3 aromatic carbocycles. The average Bonchev–Trinajstić information content (AvgIpc) is 3.37. The molecule has 0 fully saturated rings. The highest BCUT2D eigenvalue weighted by Gasteiger charge is 2.26. The lowest BCUT2D eigenvalue weighted by atomic mass is 10.1. The molecule has 0 aliphatic carbocycles. The number of hydrogen-bond donors (Lipinski definition) is 0. The predicted molar refractivity (Wildman–Crippen MR) is 157 cm³/mol. The van der Waals surface area contributed by atoms with Crippen LogP contribution < -0.4 is 9.21 Å². The molecule has 0 N–H and O–H groups in total. The minimum atomic E-state index is -3.81. The zero-order valence-electron chi connectivity index (χ0n) is 21.9. The molecule has 0 aliphatic heterocycles. The number of rotatable bonds is 8. The Kier molecular flexibility index (Phi) is 7.45. The van der Waals surface area contributed by atoms with E-state index in [1.165, 1.54) is 27.8 Å². The summed E-state index contributed by atoms with van der Waals surface area (Å²) in [4.78, 5) is 24.8. The molecule has 9 heteroatoms. The Morgan fingerprint density at radius 1 is 0.923 bits per heavy atom. The van der Waals surface area contributed by atoms with Gasteiger partial charge in [0.2, 0.25) is 0 Å². The number of amides is 1. The molecular formula is C30H28N4O3S2. The Labute approximate surface area is 232 Å². The van der Waals surface area contributed by atoms with E-state index < -0.39 is 10.0 Å². The van der Waals surface area contributed by atoms with Gasteiger partial charge in [-0.25, -0.2) is 13.4 Å². The van der Waals surface area contributed by atoms with Crippen molar-refractivity contribution in [3.05, 3.63) is 114 Å². The Morgan fingerprint density at radius 3 is 2.31 bits per heavy atom. The highest BCUT2D eigenvalue weighted by molar-refractivity contribution is 7.92. The molecule has 5 aromatic rings. The summed E-state index contributed by atoms with van der Waals surface area (Å²) in [6, 6.07) is 24.7. The third kappa shape index (κ3) is 5.41. The SMILES string of the molecule is CCN(c1ccccc1)S(=O)(=O)c1ccc(C(=O)N(Cc2ccccn2)c2nc3cc(C)cc(C)c3s2)cc1. The quantitative estimate of drug-likeness (QED) is 0.222. The van der Waals surface area contributed by atoms with Gasteiger partial charge in [-0.1, -0.05) is 41.7 Å². The number of benzene rings is 3. The van der Waals surface area contributed by atoms with Gasteiger partial charge in [-0.15, -0.1) is 0 Å². The monoisotopic (exact) mass is 556 g/mol. The first-order valence-electron chi connectivity index (χ1n) is 12.6. The van der Waals surface area contributed by atoms with Crippen LogP contribution in [0.1, 0.15) is 34.1 Å². The molecule has 0 unspecified atom stereocenters. The third-order valence-corrected chi connectivity index (χ3v) is 9.50. The summed E-state index contributed by atoms with van der Waals surface area (Å²) in [5.41, 5.74) is 4.72. The fourth-order valence-electron chi connectivity index (χ4n) is 4.50. The highest BCUT2D eigenvalue weighted by Crippen LogP contribution is 2.34. The fraction of sp³-hybridized carbons (Fsp3) is 0.167. The molecule has 2 aromatic heterocycles. The summed E-state index contributed by atoms with van der Waals surface area (Å²) in [6.45, 7) is 6.36. The van der Waals surface area contributed by atoms with Gasteiger partial charge < -0.3 is 0 Å². The van der Waals surface area contributed by atoms with Crippen LogP contribution in [0, 0.1) is 13.8 Å². The summed E-state index contributed by atoms with van der Waals surface area (Å²) in [5, 5.41) is 0.562. The van der Waals surface area contributed by atoms with E-state index in [0.29, 0.717) is 16.4 Å². The zero-order chi connectivity index (χ0) is 27.6. The number of aromatic nitrogens is 2. The molecule has 0 radical (unpaired) electrons. The van der Waals surface area contributed by atoms with E-state index >= 15 is 0 Å². The first-order chi connectivity index (χ1) is 18.8. The Bertz CT molecular complexity index is 1720. The second kappa shape index (κ2) is 11.0. The largest absolute Gasteiger partial charge is 0.278 e. The number of carbonyl (C=O) groups is 1. The summed E-state index contributed by atoms with van der Waals surface area (Å²) in [7, 11) is -3.81. The lowest BCUT2D eigenvalue weighted by Gasteiger charge is -2.23. The van der Waals surface area contributed by atoms with Crippen molar-refractivity contribution in [2.75, 3.05) is 15.7 Å². The lowest BCUT2D eigenvalue weighted by Crippen LogP contribution is -2.32. The molecule has 0 bridgehead atoms. The molecule has 198 valence electrons. The van der Waals surface area contributed by atoms with Crippen LogP contribution in [0.25, 0.3) is 10.2 Å². The molecule has 0 atom stereocenters. The summed E-state index contributed by atoms with van der Waals surface area (Å²) in [6.07, 6.45) is 1.69. The highest BCUT2D eigenvalue weighted by atomic mass is 32.2. The van der Waals surface area contributed by atoms with Crippen molar-refractivity contribution in [3.63, 3.8) is 0 Å². The van der Waals surface area contributed by atoms with Gasteiger partial charge >= 0.3 is 0 Å². The third-order valence-electron chi connectivity index (χ3n) is 6.35. The maximum Gasteiger partial charge on any atom is 0.264 e. The number of carbonyl (C=O) groups excluding carboxylic acids is 1. The molecule has 0 saturated carbocycles. The van der Waals surface area contributed by atoms with Crippen LogP contribution in [-0.2, 0) is 16.6 Å². The van der Waals surface area contributed by atoms with Crippen molar-refractivity contribution in [3.8, 4) is 0 Å². The van der Waals surface area contributed by atoms with Gasteiger partial charge in [0.05, 0.1) is 33.0 Å². The van der Waals surface area contributed by atoms with E-state index in [-0.39, 0.29) is 23.9 Å². The van der Waals surface area contributed by atoms with Gasteiger partial charge in [0.25, 0.3) is 15.9 Å². The van der Waals surface area contributed by atoms with E-state index in [1.807, 2.05) is 44.2 Å². The van der Waals surface area contributed by atoms with Crippen LogP contribution in [0.3, 0.4) is 0 Å². The maximum atomic E-state index is 13.9. The molecule has 0 aliphatic rings. The van der Waals surface area contributed by atoms with E-state index in [4.69, 9.17) is 4.98 Å². The molecule has 2 heterocycles. The molecule has 1 amide bonds. The number of nitrogens with zero attached hydrogens (tertiary/aromatic N) is 4. The molecule has 0 saturated heterocycles. The van der Waals surface area contributed by atoms with Gasteiger partial charge in [0, 0.05) is 18.3 Å². The zero-order valence-corrected chi connectivity index (χ0v) is 23.5. The van der Waals surface area contributed by atoms with Crippen molar-refractivity contribution in [2.24, 2.45) is 0 Å². The second-order valence-electron chi connectivity index (χ2n) is 9.17. The van der Waals surface area contributed by atoms with Gasteiger partial charge in [-0.2, -0.15) is 0 Å². The van der Waals surface area contributed by atoms with Crippen LogP contribution in [0.5, 0.6) is 0 Å². The number of thiazole rings is 1. The Hall–Kier alpha value is -4.08. The molecule has 7 nitrogen and oxygen atoms in total. The second-order valence-corrected chi connectivity index (χ2v) is 12.0. The lowest BCUT2D eigenvalue weighted by molar-refractivity contribution is 0.0984. The van der Waals surface area contributed by atoms with Gasteiger partial charge in [0.15, 0.2) is 5.13 Å². The van der Waals surface area contributed by atoms with Crippen molar-refractivity contribution in [2.45, 2.75) is 32.2 Å². The number of fused-ring (bicyclic) bond motifs is 1. The molecule has 5 rings (SSSR count). The first kappa shape index (κ1) is 26.5. The minimum Gasteiger partial charge on any atom is -0.278 e. The van der Waals surface area contributed by atoms with Crippen LogP contribution >= 0.6 is 11.3 Å². The number of aryl methyl sites for hydroxylation is 2. The van der Waals surface area contributed by atoms with E-state index in [1.54, 1.807) is 54.4 Å². The van der Waals surface area contributed by atoms with E-state index in [2.05, 4.69) is 11.1 Å². The van der Waals surface area contributed by atoms with E-state index in [9.17, 15) is 13.2 Å². The Morgan fingerprint density at radius 2 is 1.64 bits per heavy atom. The van der Waals surface area contributed by atoms with Crippen molar-refractivity contribution >= 4 is 48.3 Å². The van der Waals surface area contributed by atoms with Crippen LogP contribution in [0.4, 0.5) is 10.8 Å². The maximum absolute atomic E-state index is 13.9. The minimum absolute atomic E-state index is 0.118. The number of pyridine rings is 1. The standard InChI is InChI=1S/C30H28N4O3S2/c1-4-34(25-11-6-5-7-12-25)39(36,37)26-15-13-23(14-16-26)29(35)33(20-24-10-8-9-17-31-24)30-32-27-19-21(2)18-22(3)28(27)38-30/h5-19H,4,20H2,1-3H3. The smallest absolute Gasteiger partial charge is 0.264 e. The predicted octanol–water partition coefficient (Wildman–Crippen LogP) is 6.37. The van der Waals surface area contributed by atoms with Crippen molar-refractivity contribution in [1.29, 1.82) is 0 Å². The molecular weight excluding hydrogens is 528 g/mol. The van der Waals surface area contributed by atoms with Gasteiger partial charge in [-0.3, -0.25) is 19.0 Å². The number of sulfonamides is 1. The Balaban J connectivity index is 1.50. The van der Waals surface area contributed by atoms with E-state index in [0.717, 1.165) is 27.0 Å². The molecule has 39 heavy (non-hydrogen) atoms. The van der Waals surface area contributed by atoms with Crippen LogP contribution in [-0.4, -0.2) is 30.8 Å². The summed E-state index contributed by atoms with van der Waals surface area (Å²) < 4.78 is 29.2. The topological polar surface area (TPSA) is 83.5 Å². The van der Waals surface area contributed by atoms with Crippen LogP contribution in [0.15, 0.2) is 96.0 Å². The molecule has 0 spiro atoms. The summed E-state index contributed by atoms with van der Waals surface area (Å²) in [5.74, 6) is -0.284. The number of anilines is 2. The number of hydrogen-bond acceptors (Lipinski definition) is 6. The van der Waals surface area contributed by atoms with Crippen molar-refractivity contribution < 1.29 is 13.2 Å². The average molecular weight is 557 g/mol. The number of para-hydroxylation sites is 1. The van der Waals surface area contributed by atoms with Crippen molar-refractivity contribution in [1.82, 2.24) is 9.97 Å².